The lowest BCUT2D eigenvalue weighted by molar-refractivity contribution is -0.0492. The van der Waals surface area contributed by atoms with Crippen LogP contribution in [0.4, 0.5) is 18.9 Å². The Hall–Kier alpha value is -2.56. The summed E-state index contributed by atoms with van der Waals surface area (Å²) in [5, 5.41) is 0.217. The second kappa shape index (κ2) is 9.59. The van der Waals surface area contributed by atoms with Crippen molar-refractivity contribution in [2.24, 2.45) is 7.05 Å². The minimum Gasteiger partial charge on any atom is -0.361 e. The summed E-state index contributed by atoms with van der Waals surface area (Å²) >= 11 is 6.39. The quantitative estimate of drug-likeness (QED) is 0.478. The highest BCUT2D eigenvalue weighted by molar-refractivity contribution is 7.89. The summed E-state index contributed by atoms with van der Waals surface area (Å²) in [4.78, 5) is 6.30. The second-order valence-corrected chi connectivity index (χ2v) is 10.7. The van der Waals surface area contributed by atoms with Crippen molar-refractivity contribution in [2.45, 2.75) is 37.5 Å². The van der Waals surface area contributed by atoms with E-state index in [1.807, 2.05) is 48.5 Å². The molecule has 2 heterocycles. The molecule has 2 aromatic carbocycles. The van der Waals surface area contributed by atoms with Crippen molar-refractivity contribution in [1.29, 1.82) is 0 Å². The molecule has 182 valence electrons. The second-order valence-electron chi connectivity index (χ2n) is 8.32. The lowest BCUT2D eigenvalue weighted by Gasteiger charge is -2.34. The van der Waals surface area contributed by atoms with E-state index in [1.165, 1.54) is 0 Å². The smallest absolute Gasteiger partial charge is 0.361 e. The van der Waals surface area contributed by atoms with Crippen LogP contribution in [0.2, 0.25) is 5.02 Å². The topological polar surface area (TPSA) is 58.4 Å². The number of sulfonamides is 1. The number of nitrogens with zero attached hydrogens (tertiary/aromatic N) is 4. The van der Waals surface area contributed by atoms with Crippen molar-refractivity contribution < 1.29 is 21.6 Å². The highest BCUT2D eigenvalue weighted by atomic mass is 35.5. The SMILES string of the molecule is Cn1cnc(CN2c3cccc(Cl)c3CN(S(=O)(=O)C(F)(F)F)C[C@H]2CCc2ccccc2)c1. The first kappa shape index (κ1) is 24.6. The van der Waals surface area contributed by atoms with E-state index in [9.17, 15) is 21.6 Å². The molecular formula is C23H24ClF3N4O2S. The van der Waals surface area contributed by atoms with Gasteiger partial charge in [0, 0.05) is 48.6 Å². The number of hydrogen-bond acceptors (Lipinski definition) is 4. The molecule has 0 aliphatic carbocycles. The predicted octanol–water partition coefficient (Wildman–Crippen LogP) is 4.75. The first-order chi connectivity index (χ1) is 16.1. The number of anilines is 1. The molecule has 34 heavy (non-hydrogen) atoms. The maximum atomic E-state index is 13.6. The Balaban J connectivity index is 1.78. The third kappa shape index (κ3) is 5.08. The molecule has 0 saturated heterocycles. The summed E-state index contributed by atoms with van der Waals surface area (Å²) in [5.74, 6) is 0. The predicted molar refractivity (Wildman–Crippen MR) is 125 cm³/mol. The Morgan fingerprint density at radius 3 is 2.50 bits per heavy atom. The number of aryl methyl sites for hydroxylation is 2. The van der Waals surface area contributed by atoms with E-state index in [4.69, 9.17) is 11.6 Å². The van der Waals surface area contributed by atoms with E-state index < -0.39 is 28.1 Å². The number of hydrogen-bond donors (Lipinski definition) is 0. The normalized spacial score (nSPS) is 17.4. The van der Waals surface area contributed by atoms with Crippen LogP contribution in [0.3, 0.4) is 0 Å². The molecule has 1 atom stereocenters. The van der Waals surface area contributed by atoms with E-state index in [0.29, 0.717) is 40.6 Å². The van der Waals surface area contributed by atoms with Crippen LogP contribution in [-0.2, 0) is 36.6 Å². The van der Waals surface area contributed by atoms with Crippen LogP contribution in [-0.4, -0.2) is 40.4 Å². The van der Waals surface area contributed by atoms with Crippen molar-refractivity contribution in [1.82, 2.24) is 13.9 Å². The van der Waals surface area contributed by atoms with Crippen LogP contribution in [0.25, 0.3) is 0 Å². The van der Waals surface area contributed by atoms with Gasteiger partial charge in [-0.15, -0.1) is 0 Å². The molecule has 1 aliphatic rings. The Bertz CT molecular complexity index is 1250. The summed E-state index contributed by atoms with van der Waals surface area (Å²) in [5.41, 5.74) is -2.73. The molecular weight excluding hydrogens is 489 g/mol. The Labute approximate surface area is 201 Å². The number of benzene rings is 2. The maximum absolute atomic E-state index is 13.6. The monoisotopic (exact) mass is 512 g/mol. The molecule has 1 aromatic heterocycles. The number of aromatic nitrogens is 2. The van der Waals surface area contributed by atoms with Crippen LogP contribution in [0.1, 0.15) is 23.2 Å². The van der Waals surface area contributed by atoms with Gasteiger partial charge in [-0.2, -0.15) is 17.5 Å². The van der Waals surface area contributed by atoms with Gasteiger partial charge in [0.2, 0.25) is 0 Å². The third-order valence-electron chi connectivity index (χ3n) is 5.93. The van der Waals surface area contributed by atoms with Gasteiger partial charge in [-0.25, -0.2) is 13.4 Å². The molecule has 0 radical (unpaired) electrons. The molecule has 11 heteroatoms. The van der Waals surface area contributed by atoms with E-state index in [0.717, 1.165) is 5.56 Å². The lowest BCUT2D eigenvalue weighted by Crippen LogP contribution is -2.47. The highest BCUT2D eigenvalue weighted by Crippen LogP contribution is 2.38. The molecule has 4 rings (SSSR count). The van der Waals surface area contributed by atoms with Crippen molar-refractivity contribution >= 4 is 27.3 Å². The van der Waals surface area contributed by atoms with Crippen LogP contribution in [0, 0.1) is 0 Å². The summed E-state index contributed by atoms with van der Waals surface area (Å²) < 4.78 is 68.0. The molecule has 6 nitrogen and oxygen atoms in total. The number of fused-ring (bicyclic) bond motifs is 1. The molecule has 1 aliphatic heterocycles. The van der Waals surface area contributed by atoms with Crippen LogP contribution >= 0.6 is 11.6 Å². The average Bonchev–Trinajstić information content (AvgIpc) is 3.12. The number of alkyl halides is 3. The summed E-state index contributed by atoms with van der Waals surface area (Å²) in [7, 11) is -3.73. The number of rotatable bonds is 6. The van der Waals surface area contributed by atoms with Gasteiger partial charge in [0.1, 0.15) is 0 Å². The first-order valence-corrected chi connectivity index (χ1v) is 12.5. The molecule has 0 unspecified atom stereocenters. The Kier molecular flexibility index (Phi) is 6.93. The zero-order valence-electron chi connectivity index (χ0n) is 18.4. The fourth-order valence-corrected chi connectivity index (χ4v) is 5.43. The van der Waals surface area contributed by atoms with Crippen LogP contribution in [0.15, 0.2) is 61.1 Å². The standard InChI is InChI=1S/C23H24ClF3N4O2S/c1-29-12-18(28-16-29)13-31-19(11-10-17-6-3-2-4-7-17)14-30(34(32,33)23(25,26)27)15-20-21(24)8-5-9-22(20)31/h2-9,12,16,19H,10-11,13-15H2,1H3/t19-/m1/s1. The lowest BCUT2D eigenvalue weighted by atomic mass is 10.0. The molecule has 0 N–H and O–H groups in total. The van der Waals surface area contributed by atoms with E-state index in [2.05, 4.69) is 4.98 Å². The van der Waals surface area contributed by atoms with Crippen molar-refractivity contribution in [3.05, 3.63) is 82.9 Å². The summed E-state index contributed by atoms with van der Waals surface area (Å²) in [6, 6.07) is 14.1. The number of halogens is 4. The third-order valence-corrected chi connectivity index (χ3v) is 7.82. The molecule has 0 amide bonds. The van der Waals surface area contributed by atoms with Gasteiger partial charge in [0.25, 0.3) is 0 Å². The first-order valence-electron chi connectivity index (χ1n) is 10.7. The maximum Gasteiger partial charge on any atom is 0.511 e. The van der Waals surface area contributed by atoms with E-state index in [-0.39, 0.29) is 11.6 Å². The Morgan fingerprint density at radius 2 is 1.85 bits per heavy atom. The van der Waals surface area contributed by atoms with Gasteiger partial charge >= 0.3 is 15.5 Å². The summed E-state index contributed by atoms with van der Waals surface area (Å²) in [6.07, 6.45) is 4.48. The molecule has 0 saturated carbocycles. The van der Waals surface area contributed by atoms with E-state index in [1.54, 1.807) is 29.1 Å². The zero-order valence-corrected chi connectivity index (χ0v) is 20.0. The zero-order chi connectivity index (χ0) is 24.5. The fourth-order valence-electron chi connectivity index (χ4n) is 4.24. The largest absolute Gasteiger partial charge is 0.511 e. The molecule has 0 bridgehead atoms. The van der Waals surface area contributed by atoms with E-state index >= 15 is 0 Å². The molecule has 0 spiro atoms. The Morgan fingerprint density at radius 1 is 1.12 bits per heavy atom. The highest BCUT2D eigenvalue weighted by Gasteiger charge is 2.51. The van der Waals surface area contributed by atoms with Gasteiger partial charge in [0.05, 0.1) is 18.6 Å². The van der Waals surface area contributed by atoms with Crippen LogP contribution in [0.5, 0.6) is 0 Å². The van der Waals surface area contributed by atoms with Crippen molar-refractivity contribution in [2.75, 3.05) is 11.4 Å². The van der Waals surface area contributed by atoms with Gasteiger partial charge in [0.15, 0.2) is 0 Å². The summed E-state index contributed by atoms with van der Waals surface area (Å²) in [6.45, 7) is -0.489. The fraction of sp³-hybridized carbons (Fsp3) is 0.348. The number of imidazole rings is 1. The average molecular weight is 513 g/mol. The van der Waals surface area contributed by atoms with Crippen molar-refractivity contribution in [3.8, 4) is 0 Å². The van der Waals surface area contributed by atoms with Crippen molar-refractivity contribution in [3.63, 3.8) is 0 Å². The van der Waals surface area contributed by atoms with Gasteiger partial charge < -0.3 is 9.47 Å². The van der Waals surface area contributed by atoms with Gasteiger partial charge in [-0.1, -0.05) is 48.0 Å². The van der Waals surface area contributed by atoms with Gasteiger partial charge in [-0.05, 0) is 30.5 Å². The molecule has 3 aromatic rings. The van der Waals surface area contributed by atoms with Crippen LogP contribution < -0.4 is 4.90 Å². The minimum absolute atomic E-state index is 0.217. The minimum atomic E-state index is -5.56. The molecule has 0 fully saturated rings. The van der Waals surface area contributed by atoms with Gasteiger partial charge in [-0.3, -0.25) is 0 Å².